The maximum absolute atomic E-state index is 11.0. The van der Waals surface area contributed by atoms with Crippen LogP contribution in [0.25, 0.3) is 0 Å². The molecule has 0 saturated carbocycles. The third-order valence-electron chi connectivity index (χ3n) is 3.72. The van der Waals surface area contributed by atoms with Crippen molar-refractivity contribution in [1.82, 2.24) is 10.2 Å². The Bertz CT molecular complexity index is 539. The molecule has 0 amide bonds. The quantitative estimate of drug-likeness (QED) is 0.494. The number of hydrogen-bond acceptors (Lipinski definition) is 5. The first-order chi connectivity index (χ1) is 9.99. The van der Waals surface area contributed by atoms with Crippen molar-refractivity contribution in [1.29, 1.82) is 0 Å². The summed E-state index contributed by atoms with van der Waals surface area (Å²) in [5.41, 5.74) is 1.60. The maximum Gasteiger partial charge on any atom is 0.270 e. The van der Waals surface area contributed by atoms with Gasteiger partial charge < -0.3 is 10.4 Å². The summed E-state index contributed by atoms with van der Waals surface area (Å²) in [4.78, 5) is 12.8. The first-order valence-electron chi connectivity index (χ1n) is 7.05. The van der Waals surface area contributed by atoms with Gasteiger partial charge in [-0.1, -0.05) is 5.57 Å². The molecule has 0 spiro atoms. The topological polar surface area (TPSA) is 78.6 Å². The van der Waals surface area contributed by atoms with Gasteiger partial charge in [-0.05, 0) is 19.4 Å². The standard InChI is InChI=1S/C15H21N3O3/c1-11(2)9-14(17-7-5-16-6-8-17)13-10-12(18(20)21)3-4-15(13)19/h3-4,10,14,16,19H,1,5-9H2,2H3/t14-/m1/s1. The molecule has 1 saturated heterocycles. The predicted octanol–water partition coefficient (Wildman–Crippen LogP) is 2.21. The Morgan fingerprint density at radius 3 is 2.76 bits per heavy atom. The Hall–Kier alpha value is -1.92. The Kier molecular flexibility index (Phi) is 4.93. The Balaban J connectivity index is 2.36. The number of hydrogen-bond donors (Lipinski definition) is 2. The molecule has 2 rings (SSSR count). The molecule has 1 aliphatic heterocycles. The van der Waals surface area contributed by atoms with Crippen molar-refractivity contribution in [2.45, 2.75) is 19.4 Å². The van der Waals surface area contributed by atoms with Gasteiger partial charge in [-0.25, -0.2) is 0 Å². The van der Waals surface area contributed by atoms with Crippen LogP contribution in [0.4, 0.5) is 5.69 Å². The van der Waals surface area contributed by atoms with Crippen LogP contribution in [0.15, 0.2) is 30.4 Å². The molecule has 1 aromatic rings. The number of nitro benzene ring substituents is 1. The molecule has 2 N–H and O–H groups in total. The minimum atomic E-state index is -0.432. The number of phenolic OH excluding ortho intramolecular Hbond substituents is 1. The number of nitrogens with zero attached hydrogens (tertiary/aromatic N) is 2. The van der Waals surface area contributed by atoms with Gasteiger partial charge in [0.25, 0.3) is 5.69 Å². The number of phenols is 1. The van der Waals surface area contributed by atoms with Crippen LogP contribution in [-0.4, -0.2) is 41.1 Å². The Morgan fingerprint density at radius 2 is 2.19 bits per heavy atom. The van der Waals surface area contributed by atoms with Gasteiger partial charge in [0, 0.05) is 49.9 Å². The number of piperazine rings is 1. The van der Waals surface area contributed by atoms with E-state index in [1.807, 2.05) is 6.92 Å². The normalized spacial score (nSPS) is 17.4. The van der Waals surface area contributed by atoms with E-state index in [1.165, 1.54) is 18.2 Å². The number of non-ortho nitro benzene ring substituents is 1. The van der Waals surface area contributed by atoms with Gasteiger partial charge in [-0.2, -0.15) is 0 Å². The van der Waals surface area contributed by atoms with Crippen LogP contribution < -0.4 is 5.32 Å². The molecule has 0 aromatic heterocycles. The van der Waals surface area contributed by atoms with E-state index in [2.05, 4.69) is 16.8 Å². The summed E-state index contributed by atoms with van der Waals surface area (Å²) in [5.74, 6) is 0.102. The van der Waals surface area contributed by atoms with Crippen molar-refractivity contribution in [3.8, 4) is 5.75 Å². The summed E-state index contributed by atoms with van der Waals surface area (Å²) < 4.78 is 0. The maximum atomic E-state index is 11.0. The summed E-state index contributed by atoms with van der Waals surface area (Å²) in [7, 11) is 0. The van der Waals surface area contributed by atoms with Crippen molar-refractivity contribution < 1.29 is 10.0 Å². The van der Waals surface area contributed by atoms with Crippen LogP contribution in [0, 0.1) is 10.1 Å². The second-order valence-corrected chi connectivity index (χ2v) is 5.46. The zero-order valence-electron chi connectivity index (χ0n) is 12.2. The Labute approximate surface area is 124 Å². The van der Waals surface area contributed by atoms with Gasteiger partial charge in [-0.15, -0.1) is 6.58 Å². The highest BCUT2D eigenvalue weighted by atomic mass is 16.6. The van der Waals surface area contributed by atoms with Crippen molar-refractivity contribution in [3.05, 3.63) is 46.0 Å². The number of nitrogens with one attached hydrogen (secondary N) is 1. The lowest BCUT2D eigenvalue weighted by Crippen LogP contribution is -2.45. The van der Waals surface area contributed by atoms with Gasteiger partial charge in [0.2, 0.25) is 0 Å². The molecule has 114 valence electrons. The average molecular weight is 291 g/mol. The average Bonchev–Trinajstić information content (AvgIpc) is 2.46. The van der Waals surface area contributed by atoms with Crippen molar-refractivity contribution in [2.75, 3.05) is 26.2 Å². The molecular formula is C15H21N3O3. The largest absolute Gasteiger partial charge is 0.508 e. The SMILES string of the molecule is C=C(C)C[C@H](c1cc([N+](=O)[O-])ccc1O)N1CCNCC1. The smallest absolute Gasteiger partial charge is 0.270 e. The third-order valence-corrected chi connectivity index (χ3v) is 3.72. The summed E-state index contributed by atoms with van der Waals surface area (Å²) in [5, 5.41) is 24.4. The van der Waals surface area contributed by atoms with E-state index in [-0.39, 0.29) is 17.5 Å². The summed E-state index contributed by atoms with van der Waals surface area (Å²) in [6.07, 6.45) is 0.675. The highest BCUT2D eigenvalue weighted by molar-refractivity contribution is 5.45. The van der Waals surface area contributed by atoms with E-state index in [1.54, 1.807) is 0 Å². The Morgan fingerprint density at radius 1 is 1.52 bits per heavy atom. The fourth-order valence-electron chi connectivity index (χ4n) is 2.68. The molecule has 1 fully saturated rings. The molecule has 1 aromatic carbocycles. The highest BCUT2D eigenvalue weighted by Crippen LogP contribution is 2.35. The molecule has 6 heteroatoms. The van der Waals surface area contributed by atoms with Crippen LogP contribution in [0.5, 0.6) is 5.75 Å². The molecule has 1 aliphatic rings. The molecule has 0 unspecified atom stereocenters. The van der Waals surface area contributed by atoms with Gasteiger partial charge in [0.1, 0.15) is 5.75 Å². The first-order valence-corrected chi connectivity index (χ1v) is 7.05. The van der Waals surface area contributed by atoms with Crippen LogP contribution in [0.3, 0.4) is 0 Å². The molecule has 1 heterocycles. The van der Waals surface area contributed by atoms with Crippen LogP contribution in [-0.2, 0) is 0 Å². The highest BCUT2D eigenvalue weighted by Gasteiger charge is 2.26. The van der Waals surface area contributed by atoms with Gasteiger partial charge >= 0.3 is 0 Å². The lowest BCUT2D eigenvalue weighted by molar-refractivity contribution is -0.385. The van der Waals surface area contributed by atoms with E-state index in [0.717, 1.165) is 31.8 Å². The van der Waals surface area contributed by atoms with E-state index in [4.69, 9.17) is 0 Å². The summed E-state index contributed by atoms with van der Waals surface area (Å²) in [6.45, 7) is 9.33. The van der Waals surface area contributed by atoms with E-state index >= 15 is 0 Å². The molecule has 0 bridgehead atoms. The van der Waals surface area contributed by atoms with E-state index < -0.39 is 4.92 Å². The fraction of sp³-hybridized carbons (Fsp3) is 0.467. The fourth-order valence-corrected chi connectivity index (χ4v) is 2.68. The molecule has 21 heavy (non-hydrogen) atoms. The van der Waals surface area contributed by atoms with Crippen molar-refractivity contribution in [2.24, 2.45) is 0 Å². The minimum Gasteiger partial charge on any atom is -0.508 e. The monoisotopic (exact) mass is 291 g/mol. The van der Waals surface area contributed by atoms with Gasteiger partial charge in [0.05, 0.1) is 4.92 Å². The zero-order chi connectivity index (χ0) is 15.4. The van der Waals surface area contributed by atoms with Crippen molar-refractivity contribution >= 4 is 5.69 Å². The van der Waals surface area contributed by atoms with E-state index in [9.17, 15) is 15.2 Å². The molecule has 6 nitrogen and oxygen atoms in total. The van der Waals surface area contributed by atoms with Crippen LogP contribution in [0.1, 0.15) is 24.9 Å². The summed E-state index contributed by atoms with van der Waals surface area (Å²) in [6, 6.07) is 4.13. The number of aromatic hydroxyl groups is 1. The second kappa shape index (κ2) is 6.69. The van der Waals surface area contributed by atoms with Crippen molar-refractivity contribution in [3.63, 3.8) is 0 Å². The summed E-state index contributed by atoms with van der Waals surface area (Å²) >= 11 is 0. The van der Waals surface area contributed by atoms with Crippen LogP contribution >= 0.6 is 0 Å². The lowest BCUT2D eigenvalue weighted by atomic mass is 9.96. The zero-order valence-corrected chi connectivity index (χ0v) is 12.2. The number of nitro groups is 1. The third kappa shape index (κ3) is 3.80. The number of benzene rings is 1. The number of rotatable bonds is 5. The van der Waals surface area contributed by atoms with Crippen LogP contribution in [0.2, 0.25) is 0 Å². The predicted molar refractivity (Wildman–Crippen MR) is 81.4 cm³/mol. The molecular weight excluding hydrogens is 270 g/mol. The van der Waals surface area contributed by atoms with E-state index in [0.29, 0.717) is 12.0 Å². The molecule has 0 radical (unpaired) electrons. The van der Waals surface area contributed by atoms with Gasteiger partial charge in [0.15, 0.2) is 0 Å². The second-order valence-electron chi connectivity index (χ2n) is 5.46. The molecule has 0 aliphatic carbocycles. The first kappa shape index (κ1) is 15.5. The van der Waals surface area contributed by atoms with Gasteiger partial charge in [-0.3, -0.25) is 15.0 Å². The lowest BCUT2D eigenvalue weighted by Gasteiger charge is -2.35. The molecule has 1 atom stereocenters. The minimum absolute atomic E-state index is 0.00431.